The summed E-state index contributed by atoms with van der Waals surface area (Å²) in [5.41, 5.74) is 0. The lowest BCUT2D eigenvalue weighted by Crippen LogP contribution is -2.33. The third-order valence-corrected chi connectivity index (χ3v) is 2.89. The fraction of sp³-hybridized carbons (Fsp3) is 0.615. The SMILES string of the molecule is CCC(C)NC(=O)CCNc1cc(Cl)nc(COC)n1. The molecule has 1 amide bonds. The molecular weight excluding hydrogens is 280 g/mol. The molecule has 1 atom stereocenters. The van der Waals surface area contributed by atoms with Crippen LogP contribution in [-0.4, -0.2) is 35.6 Å². The van der Waals surface area contributed by atoms with Gasteiger partial charge in [0, 0.05) is 32.2 Å². The minimum Gasteiger partial charge on any atom is -0.377 e. The first-order chi connectivity index (χ1) is 9.55. The molecule has 0 saturated heterocycles. The van der Waals surface area contributed by atoms with Gasteiger partial charge in [-0.1, -0.05) is 18.5 Å². The quantitative estimate of drug-likeness (QED) is 0.718. The fourth-order valence-corrected chi connectivity index (χ4v) is 1.70. The van der Waals surface area contributed by atoms with E-state index in [4.69, 9.17) is 16.3 Å². The monoisotopic (exact) mass is 300 g/mol. The molecule has 0 saturated carbocycles. The van der Waals surface area contributed by atoms with Crippen molar-refractivity contribution in [3.8, 4) is 0 Å². The Labute approximate surface area is 124 Å². The van der Waals surface area contributed by atoms with Crippen LogP contribution in [0.25, 0.3) is 0 Å². The first-order valence-corrected chi connectivity index (χ1v) is 6.98. The molecule has 20 heavy (non-hydrogen) atoms. The number of carbonyl (C=O) groups excluding carboxylic acids is 1. The second-order valence-electron chi connectivity index (χ2n) is 4.48. The van der Waals surface area contributed by atoms with Crippen LogP contribution in [0.2, 0.25) is 5.15 Å². The molecule has 0 aliphatic heterocycles. The van der Waals surface area contributed by atoms with Crippen molar-refractivity contribution < 1.29 is 9.53 Å². The van der Waals surface area contributed by atoms with Crippen LogP contribution in [0.3, 0.4) is 0 Å². The van der Waals surface area contributed by atoms with Gasteiger partial charge in [0.25, 0.3) is 0 Å². The maximum atomic E-state index is 11.6. The third kappa shape index (κ3) is 6.16. The first kappa shape index (κ1) is 16.7. The lowest BCUT2D eigenvalue weighted by Gasteiger charge is -2.12. The van der Waals surface area contributed by atoms with E-state index in [2.05, 4.69) is 20.6 Å². The predicted molar refractivity (Wildman–Crippen MR) is 78.8 cm³/mol. The molecule has 7 heteroatoms. The average molecular weight is 301 g/mol. The normalized spacial score (nSPS) is 12.0. The van der Waals surface area contributed by atoms with Crippen LogP contribution >= 0.6 is 11.6 Å². The number of amides is 1. The number of hydrogen-bond donors (Lipinski definition) is 2. The highest BCUT2D eigenvalue weighted by Gasteiger charge is 2.06. The van der Waals surface area contributed by atoms with Gasteiger partial charge >= 0.3 is 0 Å². The molecule has 1 aromatic heterocycles. The van der Waals surface area contributed by atoms with E-state index in [0.29, 0.717) is 36.4 Å². The van der Waals surface area contributed by atoms with Crippen molar-refractivity contribution in [2.75, 3.05) is 19.0 Å². The Morgan fingerprint density at radius 3 is 2.90 bits per heavy atom. The van der Waals surface area contributed by atoms with Crippen molar-refractivity contribution in [2.45, 2.75) is 39.3 Å². The Morgan fingerprint density at radius 1 is 1.50 bits per heavy atom. The van der Waals surface area contributed by atoms with Crippen LogP contribution < -0.4 is 10.6 Å². The van der Waals surface area contributed by atoms with E-state index in [9.17, 15) is 4.79 Å². The largest absolute Gasteiger partial charge is 0.377 e. The van der Waals surface area contributed by atoms with Crippen molar-refractivity contribution in [3.05, 3.63) is 17.0 Å². The zero-order valence-electron chi connectivity index (χ0n) is 12.1. The van der Waals surface area contributed by atoms with Crippen molar-refractivity contribution in [1.82, 2.24) is 15.3 Å². The van der Waals surface area contributed by atoms with Gasteiger partial charge in [-0.3, -0.25) is 4.79 Å². The Hall–Kier alpha value is -1.40. The lowest BCUT2D eigenvalue weighted by atomic mass is 10.2. The van der Waals surface area contributed by atoms with Gasteiger partial charge in [0.2, 0.25) is 5.91 Å². The summed E-state index contributed by atoms with van der Waals surface area (Å²) in [5, 5.41) is 6.30. The maximum Gasteiger partial charge on any atom is 0.221 e. The number of carbonyl (C=O) groups is 1. The molecule has 1 rings (SSSR count). The number of aromatic nitrogens is 2. The van der Waals surface area contributed by atoms with Crippen LogP contribution in [0.5, 0.6) is 0 Å². The summed E-state index contributed by atoms with van der Waals surface area (Å²) in [6.07, 6.45) is 1.30. The summed E-state index contributed by atoms with van der Waals surface area (Å²) in [5.74, 6) is 1.11. The van der Waals surface area contributed by atoms with Gasteiger partial charge < -0.3 is 15.4 Å². The van der Waals surface area contributed by atoms with Crippen molar-refractivity contribution >= 4 is 23.3 Å². The van der Waals surface area contributed by atoms with Crippen LogP contribution in [-0.2, 0) is 16.1 Å². The van der Waals surface area contributed by atoms with E-state index in [0.717, 1.165) is 6.42 Å². The molecule has 0 spiro atoms. The molecule has 0 fully saturated rings. The highest BCUT2D eigenvalue weighted by atomic mass is 35.5. The highest BCUT2D eigenvalue weighted by molar-refractivity contribution is 6.29. The summed E-state index contributed by atoms with van der Waals surface area (Å²) in [4.78, 5) is 19.9. The van der Waals surface area contributed by atoms with E-state index < -0.39 is 0 Å². The number of hydrogen-bond acceptors (Lipinski definition) is 5. The van der Waals surface area contributed by atoms with E-state index >= 15 is 0 Å². The van der Waals surface area contributed by atoms with Crippen molar-refractivity contribution in [3.63, 3.8) is 0 Å². The minimum absolute atomic E-state index is 0.0177. The number of nitrogens with one attached hydrogen (secondary N) is 2. The summed E-state index contributed by atoms with van der Waals surface area (Å²) < 4.78 is 4.96. The number of anilines is 1. The van der Waals surface area contributed by atoms with Gasteiger partial charge in [0.1, 0.15) is 17.6 Å². The van der Waals surface area contributed by atoms with E-state index in [-0.39, 0.29) is 11.9 Å². The Morgan fingerprint density at radius 2 is 2.25 bits per heavy atom. The van der Waals surface area contributed by atoms with Crippen LogP contribution in [0.15, 0.2) is 6.07 Å². The average Bonchev–Trinajstić information content (AvgIpc) is 2.38. The Kier molecular flexibility index (Phi) is 7.25. The van der Waals surface area contributed by atoms with E-state index in [1.807, 2.05) is 13.8 Å². The Balaban J connectivity index is 2.43. The number of nitrogens with zero attached hydrogens (tertiary/aromatic N) is 2. The maximum absolute atomic E-state index is 11.6. The van der Waals surface area contributed by atoms with Crippen LogP contribution in [0, 0.1) is 0 Å². The number of methoxy groups -OCH3 is 1. The fourth-order valence-electron chi connectivity index (χ4n) is 1.50. The molecule has 112 valence electrons. The molecular formula is C13H21ClN4O2. The predicted octanol–water partition coefficient (Wildman–Crippen LogP) is 1.99. The molecule has 0 aliphatic carbocycles. The molecule has 1 aromatic rings. The van der Waals surface area contributed by atoms with Gasteiger partial charge in [-0.2, -0.15) is 0 Å². The molecule has 0 aromatic carbocycles. The number of rotatable bonds is 8. The lowest BCUT2D eigenvalue weighted by molar-refractivity contribution is -0.121. The van der Waals surface area contributed by atoms with Crippen LogP contribution in [0.4, 0.5) is 5.82 Å². The van der Waals surface area contributed by atoms with E-state index in [1.165, 1.54) is 0 Å². The second kappa shape index (κ2) is 8.71. The smallest absolute Gasteiger partial charge is 0.221 e. The van der Waals surface area contributed by atoms with Gasteiger partial charge in [0.15, 0.2) is 5.82 Å². The van der Waals surface area contributed by atoms with Gasteiger partial charge in [-0.15, -0.1) is 0 Å². The standard InChI is InChI=1S/C13H21ClN4O2/c1-4-9(2)16-13(19)5-6-15-11-7-10(14)17-12(18-11)8-20-3/h7,9H,4-6,8H2,1-3H3,(H,16,19)(H,15,17,18). The minimum atomic E-state index is 0.0177. The molecule has 0 bridgehead atoms. The van der Waals surface area contributed by atoms with Crippen molar-refractivity contribution in [1.29, 1.82) is 0 Å². The molecule has 0 aliphatic rings. The van der Waals surface area contributed by atoms with E-state index in [1.54, 1.807) is 13.2 Å². The topological polar surface area (TPSA) is 76.1 Å². The molecule has 6 nitrogen and oxygen atoms in total. The third-order valence-electron chi connectivity index (χ3n) is 2.69. The highest BCUT2D eigenvalue weighted by Crippen LogP contribution is 2.12. The molecule has 0 radical (unpaired) electrons. The zero-order chi connectivity index (χ0) is 15.0. The molecule has 2 N–H and O–H groups in total. The zero-order valence-corrected chi connectivity index (χ0v) is 12.8. The summed E-state index contributed by atoms with van der Waals surface area (Å²) in [6.45, 7) is 4.79. The number of halogens is 1. The molecule has 1 unspecified atom stereocenters. The van der Waals surface area contributed by atoms with Crippen LogP contribution in [0.1, 0.15) is 32.5 Å². The second-order valence-corrected chi connectivity index (χ2v) is 4.87. The summed E-state index contributed by atoms with van der Waals surface area (Å²) in [7, 11) is 1.57. The number of ether oxygens (including phenoxy) is 1. The van der Waals surface area contributed by atoms with Crippen molar-refractivity contribution in [2.24, 2.45) is 0 Å². The Bertz CT molecular complexity index is 442. The first-order valence-electron chi connectivity index (χ1n) is 6.60. The summed E-state index contributed by atoms with van der Waals surface area (Å²) in [6, 6.07) is 1.82. The van der Waals surface area contributed by atoms with Gasteiger partial charge in [-0.25, -0.2) is 9.97 Å². The molecule has 1 heterocycles. The van der Waals surface area contributed by atoms with Gasteiger partial charge in [-0.05, 0) is 13.3 Å². The summed E-state index contributed by atoms with van der Waals surface area (Å²) >= 11 is 5.89. The van der Waals surface area contributed by atoms with Gasteiger partial charge in [0.05, 0.1) is 0 Å².